The largest absolute Gasteiger partial charge is 0.382 e. The molecule has 2 rings (SSSR count). The van der Waals surface area contributed by atoms with Gasteiger partial charge < -0.3 is 5.73 Å². The number of hydrogen-bond donors (Lipinski definition) is 1. The number of anilines is 1. The monoisotopic (exact) mass is 227 g/mol. The smallest absolute Gasteiger partial charge is 0.267 e. The Morgan fingerprint density at radius 1 is 1.41 bits per heavy atom. The predicted molar refractivity (Wildman–Crippen MR) is 61.0 cm³/mol. The van der Waals surface area contributed by atoms with Crippen molar-refractivity contribution in [3.63, 3.8) is 0 Å². The molecule has 84 valence electrons. The first kappa shape index (κ1) is 10.8. The number of aromatic nitrogens is 3. The molecule has 0 spiro atoms. The van der Waals surface area contributed by atoms with Crippen molar-refractivity contribution in [2.45, 2.75) is 6.54 Å². The molecule has 0 bridgehead atoms. The molecule has 0 aromatic carbocycles. The van der Waals surface area contributed by atoms with Crippen LogP contribution < -0.4 is 11.3 Å². The van der Waals surface area contributed by atoms with E-state index < -0.39 is 0 Å². The Kier molecular flexibility index (Phi) is 2.83. The predicted octanol–water partition coefficient (Wildman–Crippen LogP) is 0.140. The minimum Gasteiger partial charge on any atom is -0.382 e. The molecular weight excluding hydrogens is 218 g/mol. The molecule has 0 atom stereocenters. The lowest BCUT2D eigenvalue weighted by atomic mass is 10.2. The van der Waals surface area contributed by atoms with Gasteiger partial charge in [0.25, 0.3) is 5.56 Å². The standard InChI is InChI=1S/C11H9N5O/c12-6-9-8(2-1-5-14-9)7-16-11(17)4-3-10(13)15-16/h1-5H,7H2,(H2,13,15). The van der Waals surface area contributed by atoms with Crippen LogP contribution in [-0.2, 0) is 6.54 Å². The molecule has 2 heterocycles. The Bertz CT molecular complexity index is 641. The lowest BCUT2D eigenvalue weighted by Crippen LogP contribution is -2.23. The van der Waals surface area contributed by atoms with Crippen LogP contribution in [0.15, 0.2) is 35.3 Å². The molecule has 0 aliphatic rings. The minimum absolute atomic E-state index is 0.181. The van der Waals surface area contributed by atoms with E-state index >= 15 is 0 Å². The highest BCUT2D eigenvalue weighted by Gasteiger charge is 2.05. The van der Waals surface area contributed by atoms with Gasteiger partial charge >= 0.3 is 0 Å². The molecule has 0 aliphatic carbocycles. The van der Waals surface area contributed by atoms with Gasteiger partial charge in [0, 0.05) is 17.8 Å². The second kappa shape index (κ2) is 4.45. The Labute approximate surface area is 96.9 Å². The minimum atomic E-state index is -0.271. The Morgan fingerprint density at radius 2 is 2.24 bits per heavy atom. The summed E-state index contributed by atoms with van der Waals surface area (Å²) in [6.45, 7) is 0.181. The third-order valence-electron chi connectivity index (χ3n) is 2.20. The van der Waals surface area contributed by atoms with Crippen molar-refractivity contribution in [3.05, 3.63) is 52.1 Å². The fourth-order valence-electron chi connectivity index (χ4n) is 1.41. The van der Waals surface area contributed by atoms with Crippen LogP contribution in [0.2, 0.25) is 0 Å². The van der Waals surface area contributed by atoms with Gasteiger partial charge in [-0.15, -0.1) is 0 Å². The Balaban J connectivity index is 2.42. The van der Waals surface area contributed by atoms with Gasteiger partial charge in [-0.3, -0.25) is 4.79 Å². The molecule has 0 saturated heterocycles. The molecule has 0 unspecified atom stereocenters. The van der Waals surface area contributed by atoms with Gasteiger partial charge in [-0.1, -0.05) is 6.07 Å². The van der Waals surface area contributed by atoms with Crippen molar-refractivity contribution in [1.82, 2.24) is 14.8 Å². The fourth-order valence-corrected chi connectivity index (χ4v) is 1.41. The van der Waals surface area contributed by atoms with Crippen LogP contribution >= 0.6 is 0 Å². The molecule has 0 saturated carbocycles. The van der Waals surface area contributed by atoms with Crippen molar-refractivity contribution < 1.29 is 0 Å². The van der Waals surface area contributed by atoms with E-state index in [0.717, 1.165) is 0 Å². The van der Waals surface area contributed by atoms with E-state index in [4.69, 9.17) is 11.0 Å². The maximum atomic E-state index is 11.5. The first-order chi connectivity index (χ1) is 8.20. The van der Waals surface area contributed by atoms with Gasteiger partial charge in [0.1, 0.15) is 17.6 Å². The van der Waals surface area contributed by atoms with Gasteiger partial charge in [0.05, 0.1) is 6.54 Å². The van der Waals surface area contributed by atoms with E-state index in [1.807, 2.05) is 6.07 Å². The first-order valence-electron chi connectivity index (χ1n) is 4.88. The topological polar surface area (TPSA) is 97.6 Å². The number of pyridine rings is 1. The molecule has 17 heavy (non-hydrogen) atoms. The molecular formula is C11H9N5O. The van der Waals surface area contributed by atoms with E-state index in [9.17, 15) is 4.79 Å². The summed E-state index contributed by atoms with van der Waals surface area (Å²) in [5.74, 6) is 0.256. The van der Waals surface area contributed by atoms with Crippen LogP contribution in [0.5, 0.6) is 0 Å². The van der Waals surface area contributed by atoms with Crippen LogP contribution in [-0.4, -0.2) is 14.8 Å². The highest BCUT2D eigenvalue weighted by atomic mass is 16.1. The van der Waals surface area contributed by atoms with Crippen molar-refractivity contribution in [3.8, 4) is 6.07 Å². The second-order valence-electron chi connectivity index (χ2n) is 3.38. The SMILES string of the molecule is N#Cc1ncccc1Cn1nc(N)ccc1=O. The Morgan fingerprint density at radius 3 is 3.00 bits per heavy atom. The summed E-state index contributed by atoms with van der Waals surface area (Å²) in [5.41, 5.74) is 6.14. The van der Waals surface area contributed by atoms with E-state index in [0.29, 0.717) is 5.56 Å². The number of nitrogen functional groups attached to an aromatic ring is 1. The lowest BCUT2D eigenvalue weighted by molar-refractivity contribution is 0.641. The molecule has 0 aliphatic heterocycles. The van der Waals surface area contributed by atoms with Gasteiger partial charge in [-0.2, -0.15) is 10.4 Å². The Hall–Kier alpha value is -2.68. The summed E-state index contributed by atoms with van der Waals surface area (Å²) in [7, 11) is 0. The molecule has 0 amide bonds. The zero-order valence-corrected chi connectivity index (χ0v) is 8.87. The molecule has 2 N–H and O–H groups in total. The summed E-state index contributed by atoms with van der Waals surface area (Å²) in [6.07, 6.45) is 1.53. The highest BCUT2D eigenvalue weighted by molar-refractivity contribution is 5.31. The maximum absolute atomic E-state index is 11.5. The highest BCUT2D eigenvalue weighted by Crippen LogP contribution is 2.05. The van der Waals surface area contributed by atoms with Gasteiger partial charge in [-0.05, 0) is 12.1 Å². The average molecular weight is 227 g/mol. The van der Waals surface area contributed by atoms with Gasteiger partial charge in [0.2, 0.25) is 0 Å². The van der Waals surface area contributed by atoms with Gasteiger partial charge in [0.15, 0.2) is 0 Å². The van der Waals surface area contributed by atoms with Crippen LogP contribution in [0.1, 0.15) is 11.3 Å². The first-order valence-corrected chi connectivity index (χ1v) is 4.88. The molecule has 0 fully saturated rings. The van der Waals surface area contributed by atoms with Crippen molar-refractivity contribution in [2.75, 3.05) is 5.73 Å². The summed E-state index contributed by atoms with van der Waals surface area (Å²) in [4.78, 5) is 15.4. The summed E-state index contributed by atoms with van der Waals surface area (Å²) in [5, 5.41) is 12.8. The number of nitrogens with two attached hydrogens (primary N) is 1. The number of nitrogens with zero attached hydrogens (tertiary/aromatic N) is 4. The van der Waals surface area contributed by atoms with E-state index in [-0.39, 0.29) is 23.6 Å². The number of rotatable bonds is 2. The average Bonchev–Trinajstić information content (AvgIpc) is 2.34. The summed E-state index contributed by atoms with van der Waals surface area (Å²) < 4.78 is 1.20. The molecule has 2 aromatic rings. The van der Waals surface area contributed by atoms with Crippen molar-refractivity contribution >= 4 is 5.82 Å². The van der Waals surface area contributed by atoms with E-state index in [1.54, 1.807) is 12.1 Å². The quantitative estimate of drug-likeness (QED) is 0.786. The number of hydrogen-bond acceptors (Lipinski definition) is 5. The van der Waals surface area contributed by atoms with E-state index in [2.05, 4.69) is 10.1 Å². The van der Waals surface area contributed by atoms with Crippen molar-refractivity contribution in [2.24, 2.45) is 0 Å². The third-order valence-corrected chi connectivity index (χ3v) is 2.20. The van der Waals surface area contributed by atoms with Crippen LogP contribution in [0.3, 0.4) is 0 Å². The normalized spacial score (nSPS) is 9.82. The molecule has 0 radical (unpaired) electrons. The fraction of sp³-hybridized carbons (Fsp3) is 0.0909. The van der Waals surface area contributed by atoms with Crippen LogP contribution in [0.25, 0.3) is 0 Å². The zero-order chi connectivity index (χ0) is 12.3. The van der Waals surface area contributed by atoms with Crippen LogP contribution in [0.4, 0.5) is 5.82 Å². The maximum Gasteiger partial charge on any atom is 0.267 e. The van der Waals surface area contributed by atoms with Crippen LogP contribution in [0, 0.1) is 11.3 Å². The second-order valence-corrected chi connectivity index (χ2v) is 3.38. The molecule has 6 nitrogen and oxygen atoms in total. The number of nitriles is 1. The zero-order valence-electron chi connectivity index (χ0n) is 8.87. The summed E-state index contributed by atoms with van der Waals surface area (Å²) in [6, 6.07) is 8.17. The lowest BCUT2D eigenvalue weighted by Gasteiger charge is -2.05. The van der Waals surface area contributed by atoms with E-state index in [1.165, 1.54) is 23.0 Å². The summed E-state index contributed by atoms with van der Waals surface area (Å²) >= 11 is 0. The van der Waals surface area contributed by atoms with Gasteiger partial charge in [-0.25, -0.2) is 9.67 Å². The third kappa shape index (κ3) is 2.29. The van der Waals surface area contributed by atoms with Crippen molar-refractivity contribution in [1.29, 1.82) is 5.26 Å². The molecule has 2 aromatic heterocycles. The molecule has 6 heteroatoms.